The third-order valence-electron chi connectivity index (χ3n) is 3.10. The lowest BCUT2D eigenvalue weighted by Crippen LogP contribution is -2.29. The molecule has 1 aromatic heterocycles. The molecule has 0 bridgehead atoms. The molecule has 1 amide bonds. The fourth-order valence-corrected chi connectivity index (χ4v) is 2.66. The molecule has 4 nitrogen and oxygen atoms in total. The number of ketones is 1. The van der Waals surface area contributed by atoms with E-state index in [4.69, 9.17) is 11.6 Å². The van der Waals surface area contributed by atoms with Crippen LogP contribution in [0.1, 0.15) is 15.9 Å². The molecule has 0 atom stereocenters. The number of aromatic nitrogens is 1. The van der Waals surface area contributed by atoms with Gasteiger partial charge in [0.2, 0.25) is 0 Å². The van der Waals surface area contributed by atoms with Gasteiger partial charge in [0.05, 0.1) is 17.8 Å². The lowest BCUT2D eigenvalue weighted by atomic mass is 10.1. The van der Waals surface area contributed by atoms with Gasteiger partial charge < -0.3 is 4.90 Å². The number of nitrogens with zero attached hydrogens (tertiary/aromatic N) is 2. The van der Waals surface area contributed by atoms with Crippen LogP contribution >= 0.6 is 27.5 Å². The van der Waals surface area contributed by atoms with Gasteiger partial charge in [-0.1, -0.05) is 33.6 Å². The topological polar surface area (TPSA) is 50.3 Å². The van der Waals surface area contributed by atoms with E-state index in [9.17, 15) is 9.59 Å². The van der Waals surface area contributed by atoms with Crippen LogP contribution in [0.25, 0.3) is 0 Å². The quantitative estimate of drug-likeness (QED) is 0.616. The zero-order valence-electron chi connectivity index (χ0n) is 10.1. The number of amides is 1. The van der Waals surface area contributed by atoms with E-state index in [0.29, 0.717) is 22.0 Å². The van der Waals surface area contributed by atoms with E-state index in [0.717, 1.165) is 4.47 Å². The van der Waals surface area contributed by atoms with Gasteiger partial charge in [-0.05, 0) is 24.3 Å². The number of pyridine rings is 1. The molecule has 0 saturated carbocycles. The van der Waals surface area contributed by atoms with Crippen LogP contribution in [0.15, 0.2) is 41.0 Å². The number of hydrogen-bond donors (Lipinski definition) is 0. The summed E-state index contributed by atoms with van der Waals surface area (Å²) >= 11 is 9.35. The Bertz CT molecular complexity index is 733. The third kappa shape index (κ3) is 2.13. The molecule has 0 N–H and O–H groups in total. The smallest absolute Gasteiger partial charge is 0.299 e. The average molecular weight is 352 g/mol. The van der Waals surface area contributed by atoms with Gasteiger partial charge in [-0.15, -0.1) is 0 Å². The van der Waals surface area contributed by atoms with Crippen molar-refractivity contribution in [3.05, 3.63) is 57.3 Å². The molecule has 2 aromatic rings. The lowest BCUT2D eigenvalue weighted by molar-refractivity contribution is -0.114. The van der Waals surface area contributed by atoms with Gasteiger partial charge in [0.25, 0.3) is 11.7 Å². The zero-order valence-corrected chi connectivity index (χ0v) is 12.5. The van der Waals surface area contributed by atoms with Crippen LogP contribution in [-0.4, -0.2) is 16.7 Å². The Kier molecular flexibility index (Phi) is 3.31. The molecular weight excluding hydrogens is 344 g/mol. The third-order valence-corrected chi connectivity index (χ3v) is 3.93. The molecule has 1 aliphatic rings. The number of halogens is 2. The Hall–Kier alpha value is -1.72. The van der Waals surface area contributed by atoms with Crippen LogP contribution in [0.2, 0.25) is 5.15 Å². The van der Waals surface area contributed by atoms with Gasteiger partial charge in [0.1, 0.15) is 5.15 Å². The van der Waals surface area contributed by atoms with E-state index < -0.39 is 11.7 Å². The molecule has 0 fully saturated rings. The number of rotatable bonds is 2. The largest absolute Gasteiger partial charge is 0.300 e. The van der Waals surface area contributed by atoms with Gasteiger partial charge in [-0.2, -0.15) is 0 Å². The Morgan fingerprint density at radius 1 is 1.25 bits per heavy atom. The van der Waals surface area contributed by atoms with Gasteiger partial charge >= 0.3 is 0 Å². The fourth-order valence-electron chi connectivity index (χ4n) is 2.13. The number of hydrogen-bond acceptors (Lipinski definition) is 3. The second kappa shape index (κ2) is 5.00. The molecule has 3 rings (SSSR count). The molecule has 20 heavy (non-hydrogen) atoms. The van der Waals surface area contributed by atoms with Crippen molar-refractivity contribution in [3.63, 3.8) is 0 Å². The van der Waals surface area contributed by atoms with E-state index in [-0.39, 0.29) is 6.54 Å². The maximum absolute atomic E-state index is 12.1. The van der Waals surface area contributed by atoms with Crippen LogP contribution in [0.5, 0.6) is 0 Å². The number of carbonyl (C=O) groups excluding carboxylic acids is 2. The molecule has 1 aliphatic heterocycles. The first-order chi connectivity index (χ1) is 9.58. The van der Waals surface area contributed by atoms with Crippen LogP contribution < -0.4 is 4.90 Å². The van der Waals surface area contributed by atoms with Gasteiger partial charge in [-0.25, -0.2) is 4.98 Å². The fraction of sp³-hybridized carbons (Fsp3) is 0.0714. The van der Waals surface area contributed by atoms with Gasteiger partial charge in [0.15, 0.2) is 0 Å². The molecule has 0 radical (unpaired) electrons. The lowest BCUT2D eigenvalue weighted by Gasteiger charge is -2.17. The maximum Gasteiger partial charge on any atom is 0.299 e. The monoisotopic (exact) mass is 350 g/mol. The minimum absolute atomic E-state index is 0.223. The molecule has 1 aromatic carbocycles. The highest BCUT2D eigenvalue weighted by Gasteiger charge is 2.36. The zero-order chi connectivity index (χ0) is 14.3. The molecule has 100 valence electrons. The minimum atomic E-state index is -0.544. The van der Waals surface area contributed by atoms with E-state index in [1.54, 1.807) is 36.5 Å². The molecule has 0 spiro atoms. The minimum Gasteiger partial charge on any atom is -0.300 e. The van der Waals surface area contributed by atoms with E-state index in [2.05, 4.69) is 20.9 Å². The number of anilines is 1. The number of carbonyl (C=O) groups is 2. The van der Waals surface area contributed by atoms with Crippen molar-refractivity contribution in [2.24, 2.45) is 0 Å². The van der Waals surface area contributed by atoms with Crippen molar-refractivity contribution in [3.8, 4) is 0 Å². The summed E-state index contributed by atoms with van der Waals surface area (Å²) in [5, 5.41) is 0.330. The second-order valence-corrected chi connectivity index (χ2v) is 5.61. The van der Waals surface area contributed by atoms with Gasteiger partial charge in [-0.3, -0.25) is 9.59 Å². The summed E-state index contributed by atoms with van der Waals surface area (Å²) in [6, 6.07) is 8.66. The molecule has 6 heteroatoms. The van der Waals surface area contributed by atoms with Crippen molar-refractivity contribution < 1.29 is 9.59 Å². The first kappa shape index (κ1) is 13.3. The summed E-state index contributed by atoms with van der Waals surface area (Å²) < 4.78 is 0.807. The molecular formula is C14H8BrClN2O2. The number of benzene rings is 1. The SMILES string of the molecule is O=C1C(=O)N(Cc2cccnc2Cl)c2cc(Br)ccc21. The summed E-state index contributed by atoms with van der Waals surface area (Å²) in [7, 11) is 0. The summed E-state index contributed by atoms with van der Waals surface area (Å²) in [6.07, 6.45) is 1.58. The number of fused-ring (bicyclic) bond motifs is 1. The maximum atomic E-state index is 12.1. The Balaban J connectivity index is 2.03. The van der Waals surface area contributed by atoms with Crippen molar-refractivity contribution in [2.75, 3.05) is 4.90 Å². The van der Waals surface area contributed by atoms with E-state index in [1.807, 2.05) is 0 Å². The van der Waals surface area contributed by atoms with Crippen molar-refractivity contribution >= 4 is 44.9 Å². The molecule has 0 unspecified atom stereocenters. The van der Waals surface area contributed by atoms with Crippen molar-refractivity contribution in [1.82, 2.24) is 4.98 Å². The Morgan fingerprint density at radius 2 is 2.05 bits per heavy atom. The average Bonchev–Trinajstić information content (AvgIpc) is 2.66. The van der Waals surface area contributed by atoms with E-state index >= 15 is 0 Å². The van der Waals surface area contributed by atoms with E-state index in [1.165, 1.54) is 4.90 Å². The van der Waals surface area contributed by atoms with Crippen molar-refractivity contribution in [2.45, 2.75) is 6.54 Å². The van der Waals surface area contributed by atoms with Crippen LogP contribution in [0, 0.1) is 0 Å². The molecule has 0 aliphatic carbocycles. The van der Waals surface area contributed by atoms with Crippen LogP contribution in [0.3, 0.4) is 0 Å². The predicted molar refractivity (Wildman–Crippen MR) is 78.9 cm³/mol. The predicted octanol–water partition coefficient (Wildman–Crippen LogP) is 3.23. The van der Waals surface area contributed by atoms with Gasteiger partial charge in [0, 0.05) is 16.2 Å². The van der Waals surface area contributed by atoms with Crippen LogP contribution in [-0.2, 0) is 11.3 Å². The second-order valence-electron chi connectivity index (χ2n) is 4.34. The highest BCUT2D eigenvalue weighted by atomic mass is 79.9. The highest BCUT2D eigenvalue weighted by Crippen LogP contribution is 2.33. The summed E-state index contributed by atoms with van der Waals surface area (Å²) in [6.45, 7) is 0.223. The number of Topliss-reactive ketones (excluding diaryl/α,β-unsaturated/α-hetero) is 1. The standard InChI is InChI=1S/C14H8BrClN2O2/c15-9-3-4-10-11(6-9)18(14(20)12(10)19)7-8-2-1-5-17-13(8)16/h1-6H,7H2. The molecule has 2 heterocycles. The Morgan fingerprint density at radius 3 is 2.80 bits per heavy atom. The summed E-state index contributed by atoms with van der Waals surface area (Å²) in [5.41, 5.74) is 1.70. The molecule has 0 saturated heterocycles. The van der Waals surface area contributed by atoms with Crippen molar-refractivity contribution in [1.29, 1.82) is 0 Å². The summed E-state index contributed by atoms with van der Waals surface area (Å²) in [4.78, 5) is 29.4. The highest BCUT2D eigenvalue weighted by molar-refractivity contribution is 9.10. The first-order valence-corrected chi connectivity index (χ1v) is 7.00. The normalized spacial score (nSPS) is 13.8. The Labute approximate surface area is 128 Å². The summed E-state index contributed by atoms with van der Waals surface area (Å²) in [5.74, 6) is -1.04. The first-order valence-electron chi connectivity index (χ1n) is 5.83. The van der Waals surface area contributed by atoms with Crippen LogP contribution in [0.4, 0.5) is 5.69 Å².